The third-order valence-corrected chi connectivity index (χ3v) is 5.18. The second kappa shape index (κ2) is 12.6. The molecule has 1 aromatic heterocycles. The van der Waals surface area contributed by atoms with Crippen LogP contribution < -0.4 is 10.6 Å². The van der Waals surface area contributed by atoms with E-state index < -0.39 is 0 Å². The monoisotopic (exact) mass is 491 g/mol. The molecule has 1 aromatic rings. The van der Waals surface area contributed by atoms with Gasteiger partial charge in [0.25, 0.3) is 0 Å². The lowest BCUT2D eigenvalue weighted by molar-refractivity contribution is 0.203. The number of hydrogen-bond acceptors (Lipinski definition) is 4. The van der Waals surface area contributed by atoms with Gasteiger partial charge in [-0.25, -0.2) is 0 Å². The molecule has 0 bridgehead atoms. The van der Waals surface area contributed by atoms with Crippen molar-refractivity contribution in [3.63, 3.8) is 0 Å². The van der Waals surface area contributed by atoms with Crippen molar-refractivity contribution in [1.82, 2.24) is 30.2 Å². The summed E-state index contributed by atoms with van der Waals surface area (Å²) in [4.78, 5) is 9.22. The number of nitrogens with one attached hydrogen (secondary N) is 2. The van der Waals surface area contributed by atoms with E-state index in [9.17, 15) is 0 Å². The van der Waals surface area contributed by atoms with Gasteiger partial charge in [0, 0.05) is 51.5 Å². The van der Waals surface area contributed by atoms with Gasteiger partial charge in [0.05, 0.1) is 12.2 Å². The van der Waals surface area contributed by atoms with Crippen LogP contribution in [0.2, 0.25) is 0 Å². The lowest BCUT2D eigenvalue weighted by atomic mass is 10.0. The van der Waals surface area contributed by atoms with Gasteiger partial charge in [-0.3, -0.25) is 9.67 Å². The maximum atomic E-state index is 4.42. The van der Waals surface area contributed by atoms with Crippen LogP contribution in [0.25, 0.3) is 0 Å². The van der Waals surface area contributed by atoms with Gasteiger partial charge in [0.15, 0.2) is 5.96 Å². The van der Waals surface area contributed by atoms with Crippen LogP contribution in [-0.2, 0) is 7.05 Å². The predicted octanol–water partition coefficient (Wildman–Crippen LogP) is 2.07. The van der Waals surface area contributed by atoms with Gasteiger partial charge >= 0.3 is 0 Å². The first-order chi connectivity index (χ1) is 12.5. The molecule has 27 heavy (non-hydrogen) atoms. The quantitative estimate of drug-likeness (QED) is 0.331. The van der Waals surface area contributed by atoms with E-state index in [-0.39, 0.29) is 30.0 Å². The Balaban J connectivity index is 0.00000364. The average Bonchev–Trinajstić information content (AvgIpc) is 3.06. The Morgan fingerprint density at radius 1 is 1.37 bits per heavy atom. The largest absolute Gasteiger partial charge is 0.354 e. The number of nitrogens with zero attached hydrogens (tertiary/aromatic N) is 5. The summed E-state index contributed by atoms with van der Waals surface area (Å²) in [5.74, 6) is 0.896. The molecule has 2 rings (SSSR count). The van der Waals surface area contributed by atoms with Crippen molar-refractivity contribution < 1.29 is 0 Å². The molecule has 0 radical (unpaired) electrons. The Morgan fingerprint density at radius 3 is 2.59 bits per heavy atom. The van der Waals surface area contributed by atoms with E-state index in [0.717, 1.165) is 12.5 Å². The van der Waals surface area contributed by atoms with Crippen molar-refractivity contribution in [3.05, 3.63) is 18.0 Å². The van der Waals surface area contributed by atoms with Crippen LogP contribution >= 0.6 is 24.0 Å². The van der Waals surface area contributed by atoms with E-state index in [0.29, 0.717) is 6.04 Å². The van der Waals surface area contributed by atoms with Crippen molar-refractivity contribution in [2.75, 3.05) is 47.3 Å². The van der Waals surface area contributed by atoms with Gasteiger partial charge in [0.2, 0.25) is 0 Å². The highest BCUT2D eigenvalue weighted by molar-refractivity contribution is 14.0. The molecule has 156 valence electrons. The molecule has 1 aliphatic heterocycles. The number of piperidine rings is 1. The van der Waals surface area contributed by atoms with Crippen LogP contribution in [0.15, 0.2) is 17.4 Å². The summed E-state index contributed by atoms with van der Waals surface area (Å²) in [6, 6.07) is 0.772. The minimum Gasteiger partial charge on any atom is -0.354 e. The van der Waals surface area contributed by atoms with Crippen LogP contribution in [-0.4, -0.2) is 78.9 Å². The molecular formula is C19H38IN7. The maximum Gasteiger partial charge on any atom is 0.191 e. The van der Waals surface area contributed by atoms with E-state index >= 15 is 0 Å². The number of likely N-dealkylation sites (N-methyl/N-ethyl adjacent to an activating group) is 1. The topological polar surface area (TPSA) is 60.7 Å². The zero-order valence-corrected chi connectivity index (χ0v) is 19.9. The summed E-state index contributed by atoms with van der Waals surface area (Å²) in [5.41, 5.74) is 1.21. The van der Waals surface area contributed by atoms with Gasteiger partial charge < -0.3 is 20.4 Å². The van der Waals surface area contributed by atoms with Crippen molar-refractivity contribution >= 4 is 29.9 Å². The lowest BCUT2D eigenvalue weighted by Gasteiger charge is -2.33. The number of unbranched alkanes of at least 4 members (excludes halogenated alkanes) is 1. The van der Waals surface area contributed by atoms with Crippen LogP contribution in [0.5, 0.6) is 0 Å². The van der Waals surface area contributed by atoms with Crippen LogP contribution in [0.3, 0.4) is 0 Å². The Hall–Kier alpha value is -0.870. The SMILES string of the molecule is CCCCN1CCC(NC(=NC)NCC(c2cnn(C)c2)N(C)C)CC1.I. The van der Waals surface area contributed by atoms with Crippen LogP contribution in [0, 0.1) is 0 Å². The number of hydrogen-bond donors (Lipinski definition) is 2. The van der Waals surface area contributed by atoms with Crippen molar-refractivity contribution in [3.8, 4) is 0 Å². The Morgan fingerprint density at radius 2 is 2.07 bits per heavy atom. The zero-order valence-electron chi connectivity index (χ0n) is 17.6. The standard InChI is InChI=1S/C19H37N7.HI/c1-6-7-10-26-11-8-17(9-12-26)23-19(20-2)21-14-18(24(3)4)16-13-22-25(5)15-16;/h13,15,17-18H,6-12,14H2,1-5H3,(H2,20,21,23);1H. The minimum absolute atomic E-state index is 0. The fourth-order valence-corrected chi connectivity index (χ4v) is 3.47. The van der Waals surface area contributed by atoms with Crippen LogP contribution in [0.4, 0.5) is 0 Å². The number of aryl methyl sites for hydroxylation is 1. The molecule has 0 aliphatic carbocycles. The number of rotatable bonds is 8. The van der Waals surface area contributed by atoms with E-state index in [1.807, 2.05) is 25.0 Å². The van der Waals surface area contributed by atoms with Gasteiger partial charge in [-0.2, -0.15) is 5.10 Å². The number of aliphatic imine (C=N–C) groups is 1. The third kappa shape index (κ3) is 7.95. The second-order valence-corrected chi connectivity index (χ2v) is 7.49. The smallest absolute Gasteiger partial charge is 0.191 e. The van der Waals surface area contributed by atoms with Gasteiger partial charge in [-0.15, -0.1) is 24.0 Å². The van der Waals surface area contributed by atoms with Gasteiger partial charge in [-0.05, 0) is 39.9 Å². The summed E-state index contributed by atoms with van der Waals surface area (Å²) >= 11 is 0. The molecule has 1 unspecified atom stereocenters. The van der Waals surface area contributed by atoms with Gasteiger partial charge in [0.1, 0.15) is 0 Å². The minimum atomic E-state index is 0. The molecule has 7 nitrogen and oxygen atoms in total. The molecule has 1 saturated heterocycles. The Bertz CT molecular complexity index is 550. The maximum absolute atomic E-state index is 4.42. The molecule has 0 spiro atoms. The van der Waals surface area contributed by atoms with Crippen molar-refractivity contribution in [2.45, 2.75) is 44.7 Å². The van der Waals surface area contributed by atoms with E-state index in [4.69, 9.17) is 0 Å². The predicted molar refractivity (Wildman–Crippen MR) is 124 cm³/mol. The summed E-state index contributed by atoms with van der Waals surface area (Å²) < 4.78 is 1.85. The van der Waals surface area contributed by atoms with E-state index in [2.05, 4.69) is 57.7 Å². The van der Waals surface area contributed by atoms with Crippen LogP contribution in [0.1, 0.15) is 44.2 Å². The lowest BCUT2D eigenvalue weighted by Crippen LogP contribution is -2.49. The zero-order chi connectivity index (χ0) is 18.9. The molecule has 8 heteroatoms. The highest BCUT2D eigenvalue weighted by Crippen LogP contribution is 2.16. The number of halogens is 1. The molecule has 2 N–H and O–H groups in total. The number of likely N-dealkylation sites (tertiary alicyclic amines) is 1. The molecule has 1 fully saturated rings. The molecular weight excluding hydrogens is 453 g/mol. The summed E-state index contributed by atoms with van der Waals surface area (Å²) in [6.07, 6.45) is 8.97. The second-order valence-electron chi connectivity index (χ2n) is 7.49. The first-order valence-corrected chi connectivity index (χ1v) is 9.88. The normalized spacial score (nSPS) is 17.6. The molecule has 0 aromatic carbocycles. The molecule has 2 heterocycles. The third-order valence-electron chi connectivity index (χ3n) is 5.18. The first kappa shape index (κ1) is 24.2. The fourth-order valence-electron chi connectivity index (χ4n) is 3.47. The average molecular weight is 491 g/mol. The molecule has 0 amide bonds. The van der Waals surface area contributed by atoms with Gasteiger partial charge in [-0.1, -0.05) is 13.3 Å². The summed E-state index contributed by atoms with van der Waals surface area (Å²) in [5, 5.41) is 11.4. The van der Waals surface area contributed by atoms with E-state index in [1.54, 1.807) is 0 Å². The Labute approximate surface area is 182 Å². The molecule has 1 aliphatic rings. The summed E-state index contributed by atoms with van der Waals surface area (Å²) in [7, 11) is 8.00. The molecule has 1 atom stereocenters. The number of aromatic nitrogens is 2. The number of guanidine groups is 1. The summed E-state index contributed by atoms with van der Waals surface area (Å²) in [6.45, 7) is 6.67. The van der Waals surface area contributed by atoms with Crippen molar-refractivity contribution in [2.24, 2.45) is 12.0 Å². The van der Waals surface area contributed by atoms with Crippen molar-refractivity contribution in [1.29, 1.82) is 0 Å². The Kier molecular flexibility index (Phi) is 11.2. The first-order valence-electron chi connectivity index (χ1n) is 9.88. The van der Waals surface area contributed by atoms with E-state index in [1.165, 1.54) is 50.9 Å². The highest BCUT2D eigenvalue weighted by Gasteiger charge is 2.21. The highest BCUT2D eigenvalue weighted by atomic mass is 127. The molecule has 0 saturated carbocycles. The fraction of sp³-hybridized carbons (Fsp3) is 0.789.